The number of carbonyl (C=O) groups excluding carboxylic acids is 3. The topological polar surface area (TPSA) is 133 Å². The molecule has 3 fully saturated rings. The van der Waals surface area contributed by atoms with E-state index in [9.17, 15) is 22.8 Å². The standard InChI is InChI=1S/C38H50N6O6S/c1-23-12-14-26(21-41(2)3)44(23)37(47)36(46)39-38-20-31(38)30-19-27(50-6)15-17-28(30)34-33(24-10-8-7-9-11-24)29-16-13-25(18-32(29)43(34)22-38)35(45)40-51(48,49)42(4)5/h13,15-19,23-24,26,31H,7-12,14,20-22H2,1-6H3,(H,39,46)(H,40,45). The van der Waals surface area contributed by atoms with Gasteiger partial charge in [0, 0.05) is 67.2 Å². The molecule has 3 aromatic rings. The summed E-state index contributed by atoms with van der Waals surface area (Å²) in [6, 6.07) is 11.5. The summed E-state index contributed by atoms with van der Waals surface area (Å²) < 4.78 is 36.2. The van der Waals surface area contributed by atoms with Crippen molar-refractivity contribution >= 4 is 38.8 Å². The number of rotatable bonds is 8. The fourth-order valence-electron chi connectivity index (χ4n) is 9.00. The summed E-state index contributed by atoms with van der Waals surface area (Å²) in [6.07, 6.45) is 7.89. The Morgan fingerprint density at radius 3 is 2.41 bits per heavy atom. The van der Waals surface area contributed by atoms with Gasteiger partial charge in [0.1, 0.15) is 5.75 Å². The van der Waals surface area contributed by atoms with Crippen LogP contribution in [0, 0.1) is 0 Å². The fourth-order valence-corrected chi connectivity index (χ4v) is 9.53. The number of hydrogen-bond acceptors (Lipinski definition) is 7. The van der Waals surface area contributed by atoms with Gasteiger partial charge in [-0.1, -0.05) is 25.3 Å². The molecule has 2 N–H and O–H groups in total. The van der Waals surface area contributed by atoms with E-state index in [2.05, 4.69) is 31.6 Å². The van der Waals surface area contributed by atoms with Crippen molar-refractivity contribution in [3.8, 4) is 17.0 Å². The zero-order valence-electron chi connectivity index (χ0n) is 30.5. The van der Waals surface area contributed by atoms with Gasteiger partial charge in [0.2, 0.25) is 0 Å². The molecule has 2 aliphatic carbocycles. The lowest BCUT2D eigenvalue weighted by Crippen LogP contribution is -2.53. The van der Waals surface area contributed by atoms with E-state index < -0.39 is 33.5 Å². The number of fused-ring (bicyclic) bond motifs is 7. The number of methoxy groups -OCH3 is 1. The van der Waals surface area contributed by atoms with Crippen molar-refractivity contribution in [2.75, 3.05) is 41.8 Å². The summed E-state index contributed by atoms with van der Waals surface area (Å²) in [7, 11) is 4.33. The number of amides is 3. The van der Waals surface area contributed by atoms with E-state index in [0.29, 0.717) is 25.4 Å². The smallest absolute Gasteiger partial charge is 0.312 e. The lowest BCUT2D eigenvalue weighted by molar-refractivity contribution is -0.148. The number of hydrogen-bond donors (Lipinski definition) is 2. The number of likely N-dealkylation sites (N-methyl/N-ethyl adjacent to an activating group) is 1. The van der Waals surface area contributed by atoms with Gasteiger partial charge in [-0.05, 0) is 100 Å². The van der Waals surface area contributed by atoms with Gasteiger partial charge in [-0.25, -0.2) is 4.72 Å². The number of nitrogens with zero attached hydrogens (tertiary/aromatic N) is 4. The molecule has 0 radical (unpaired) electrons. The van der Waals surface area contributed by atoms with Crippen molar-refractivity contribution in [1.29, 1.82) is 0 Å². The molecule has 2 aliphatic heterocycles. The number of aromatic nitrogens is 1. The van der Waals surface area contributed by atoms with Crippen LogP contribution in [0.4, 0.5) is 0 Å². The van der Waals surface area contributed by atoms with E-state index in [1.807, 2.05) is 33.2 Å². The molecule has 4 aliphatic rings. The monoisotopic (exact) mass is 718 g/mol. The first-order valence-electron chi connectivity index (χ1n) is 18.1. The molecule has 4 atom stereocenters. The third kappa shape index (κ3) is 6.31. The summed E-state index contributed by atoms with van der Waals surface area (Å²) in [6.45, 7) is 3.10. The summed E-state index contributed by atoms with van der Waals surface area (Å²) in [5.41, 5.74) is 4.67. The third-order valence-corrected chi connectivity index (χ3v) is 13.0. The van der Waals surface area contributed by atoms with E-state index >= 15 is 0 Å². The normalized spacial score (nSPS) is 24.5. The molecule has 0 bridgehead atoms. The maximum absolute atomic E-state index is 14.1. The van der Waals surface area contributed by atoms with Crippen LogP contribution < -0.4 is 14.8 Å². The lowest BCUT2D eigenvalue weighted by Gasteiger charge is -2.30. The molecule has 4 unspecified atom stereocenters. The van der Waals surface area contributed by atoms with Crippen LogP contribution in [0.3, 0.4) is 0 Å². The maximum atomic E-state index is 14.1. The van der Waals surface area contributed by atoms with E-state index in [4.69, 9.17) is 4.74 Å². The number of nitrogens with one attached hydrogen (secondary N) is 2. The molecule has 3 amide bonds. The second kappa shape index (κ2) is 13.2. The van der Waals surface area contributed by atoms with E-state index in [1.165, 1.54) is 26.1 Å². The minimum absolute atomic E-state index is 0.0289. The second-order valence-corrected chi connectivity index (χ2v) is 17.4. The molecule has 1 saturated heterocycles. The van der Waals surface area contributed by atoms with Crippen molar-refractivity contribution in [2.45, 2.75) is 94.3 Å². The van der Waals surface area contributed by atoms with Crippen LogP contribution in [0.1, 0.15) is 91.6 Å². The van der Waals surface area contributed by atoms with Gasteiger partial charge in [-0.15, -0.1) is 0 Å². The van der Waals surface area contributed by atoms with Gasteiger partial charge in [0.15, 0.2) is 0 Å². The van der Waals surface area contributed by atoms with E-state index in [1.54, 1.807) is 24.1 Å². The molecular weight excluding hydrogens is 669 g/mol. The summed E-state index contributed by atoms with van der Waals surface area (Å²) in [4.78, 5) is 45.2. The minimum atomic E-state index is -4.01. The highest BCUT2D eigenvalue weighted by atomic mass is 32.2. The summed E-state index contributed by atoms with van der Waals surface area (Å²) >= 11 is 0. The first kappa shape index (κ1) is 35.5. The van der Waals surface area contributed by atoms with Crippen LogP contribution in [0.2, 0.25) is 0 Å². The Morgan fingerprint density at radius 2 is 1.73 bits per heavy atom. The fraction of sp³-hybridized carbons (Fsp3) is 0.553. The van der Waals surface area contributed by atoms with Crippen LogP contribution in [0.15, 0.2) is 36.4 Å². The highest BCUT2D eigenvalue weighted by Crippen LogP contribution is 2.60. The van der Waals surface area contributed by atoms with Crippen molar-refractivity contribution in [3.05, 3.63) is 53.1 Å². The Bertz CT molecular complexity index is 2000. The largest absolute Gasteiger partial charge is 0.497 e. The molecule has 2 aromatic carbocycles. The summed E-state index contributed by atoms with van der Waals surface area (Å²) in [5, 5.41) is 4.28. The highest BCUT2D eigenvalue weighted by molar-refractivity contribution is 7.87. The van der Waals surface area contributed by atoms with Gasteiger partial charge < -0.3 is 24.4 Å². The molecule has 274 valence electrons. The second-order valence-electron chi connectivity index (χ2n) is 15.5. The lowest BCUT2D eigenvalue weighted by atomic mass is 9.81. The minimum Gasteiger partial charge on any atom is -0.497 e. The Balaban J connectivity index is 1.35. The van der Waals surface area contributed by atoms with E-state index in [-0.39, 0.29) is 23.6 Å². The van der Waals surface area contributed by atoms with Crippen LogP contribution in [-0.4, -0.2) is 104 Å². The Labute approximate surface area is 300 Å². The van der Waals surface area contributed by atoms with Gasteiger partial charge >= 0.3 is 22.0 Å². The molecule has 0 spiro atoms. The quantitative estimate of drug-likeness (QED) is 0.334. The van der Waals surface area contributed by atoms with Gasteiger partial charge in [0.25, 0.3) is 5.91 Å². The van der Waals surface area contributed by atoms with Crippen molar-refractivity contribution < 1.29 is 27.5 Å². The zero-order chi connectivity index (χ0) is 36.4. The van der Waals surface area contributed by atoms with Crippen molar-refractivity contribution in [3.63, 3.8) is 0 Å². The zero-order valence-corrected chi connectivity index (χ0v) is 31.3. The van der Waals surface area contributed by atoms with Crippen LogP contribution >= 0.6 is 0 Å². The van der Waals surface area contributed by atoms with Gasteiger partial charge in [-0.3, -0.25) is 14.4 Å². The predicted molar refractivity (Wildman–Crippen MR) is 196 cm³/mol. The maximum Gasteiger partial charge on any atom is 0.312 e. The van der Waals surface area contributed by atoms with Crippen LogP contribution in [-0.2, 0) is 26.3 Å². The predicted octanol–water partition coefficient (Wildman–Crippen LogP) is 4.20. The molecule has 51 heavy (non-hydrogen) atoms. The molecular formula is C38H50N6O6S. The van der Waals surface area contributed by atoms with Gasteiger partial charge in [-0.2, -0.15) is 12.7 Å². The van der Waals surface area contributed by atoms with Crippen LogP contribution in [0.25, 0.3) is 22.2 Å². The molecule has 7 rings (SSSR count). The van der Waals surface area contributed by atoms with Crippen molar-refractivity contribution in [1.82, 2.24) is 28.7 Å². The Morgan fingerprint density at radius 1 is 0.980 bits per heavy atom. The van der Waals surface area contributed by atoms with Crippen molar-refractivity contribution in [2.24, 2.45) is 0 Å². The highest BCUT2D eigenvalue weighted by Gasteiger charge is 2.59. The Kier molecular flexibility index (Phi) is 9.20. The molecule has 2 saturated carbocycles. The average Bonchev–Trinajstić information content (AvgIpc) is 3.57. The number of likely N-dealkylation sites (tertiary alicyclic amines) is 1. The van der Waals surface area contributed by atoms with E-state index in [0.717, 1.165) is 76.3 Å². The number of carbonyl (C=O) groups is 3. The number of benzene rings is 2. The van der Waals surface area contributed by atoms with Gasteiger partial charge in [0.05, 0.1) is 18.3 Å². The molecule has 12 nitrogen and oxygen atoms in total. The average molecular weight is 719 g/mol. The molecule has 13 heteroatoms. The summed E-state index contributed by atoms with van der Waals surface area (Å²) in [5.74, 6) is -0.848. The molecule has 3 heterocycles. The first-order valence-corrected chi connectivity index (χ1v) is 19.6. The Hall–Kier alpha value is -3.94. The number of ether oxygens (including phenoxy) is 1. The first-order chi connectivity index (χ1) is 24.2. The third-order valence-electron chi connectivity index (χ3n) is 11.6. The SMILES string of the molecule is COc1ccc2c(c1)C1CC1(NC(=O)C(=O)N1C(C)CCC1CN(C)C)Cn1c-2c(C2CCCCC2)c2ccc(C(=O)NS(=O)(=O)N(C)C)cc21. The molecule has 1 aromatic heterocycles. The van der Waals surface area contributed by atoms with Crippen LogP contribution in [0.5, 0.6) is 5.75 Å².